The van der Waals surface area contributed by atoms with Gasteiger partial charge in [0.25, 0.3) is 0 Å². The molecule has 0 saturated carbocycles. The van der Waals surface area contributed by atoms with Crippen LogP contribution in [0.15, 0.2) is 0 Å². The molecule has 0 aliphatic carbocycles. The fourth-order valence-electron chi connectivity index (χ4n) is 1.85. The van der Waals surface area contributed by atoms with Crippen LogP contribution in [0.3, 0.4) is 0 Å². The second-order valence-electron chi connectivity index (χ2n) is 6.20. The fourth-order valence-corrected chi connectivity index (χ4v) is 1.85. The van der Waals surface area contributed by atoms with Crippen molar-refractivity contribution in [2.75, 3.05) is 13.1 Å². The number of rotatable bonds is 1. The van der Waals surface area contributed by atoms with Gasteiger partial charge in [0.2, 0.25) is 0 Å². The van der Waals surface area contributed by atoms with E-state index in [1.807, 2.05) is 0 Å². The lowest BCUT2D eigenvalue weighted by atomic mass is 9.54. The van der Waals surface area contributed by atoms with Gasteiger partial charge in [0.05, 0.1) is 0 Å². The Labute approximate surface area is 106 Å². The van der Waals surface area contributed by atoms with Gasteiger partial charge >= 0.3 is 13.1 Å². The molecule has 0 aromatic heterocycles. The summed E-state index contributed by atoms with van der Waals surface area (Å²) in [7, 11) is 0. The van der Waals surface area contributed by atoms with Crippen molar-refractivity contribution in [3.63, 3.8) is 0 Å². The van der Waals surface area contributed by atoms with E-state index < -0.39 is 24.0 Å². The maximum Gasteiger partial charge on any atom is 0.484 e. The first-order valence-electron chi connectivity index (χ1n) is 6.12. The largest absolute Gasteiger partial charge is 0.484 e. The topological polar surface area (TPSA) is 29.5 Å². The van der Waals surface area contributed by atoms with Crippen LogP contribution in [0.4, 0.5) is 17.7 Å². The zero-order valence-electron chi connectivity index (χ0n) is 11.3. The van der Waals surface area contributed by atoms with Crippen molar-refractivity contribution in [1.29, 1.82) is 0 Å². The number of ether oxygens (including phenoxy) is 1. The van der Waals surface area contributed by atoms with E-state index in [0.717, 1.165) is 0 Å². The van der Waals surface area contributed by atoms with Crippen molar-refractivity contribution < 1.29 is 22.5 Å². The third kappa shape index (κ3) is 3.56. The van der Waals surface area contributed by atoms with Crippen LogP contribution < -0.4 is 0 Å². The van der Waals surface area contributed by atoms with Gasteiger partial charge in [-0.15, -0.1) is 0 Å². The summed E-state index contributed by atoms with van der Waals surface area (Å²) in [6, 6.07) is 0. The first-order chi connectivity index (χ1) is 7.95. The smallest absolute Gasteiger partial charge is 0.449 e. The summed E-state index contributed by atoms with van der Waals surface area (Å²) in [4.78, 5) is 13.1. The number of carbonyl (C=O) groups excluding carboxylic acids is 1. The molecule has 0 radical (unpaired) electrons. The number of hydrogen-bond acceptors (Lipinski definition) is 2. The Bertz CT molecular complexity index is 317. The van der Waals surface area contributed by atoms with Crippen molar-refractivity contribution in [2.45, 2.75) is 51.5 Å². The maximum atomic E-state index is 12.9. The first kappa shape index (κ1) is 15.2. The van der Waals surface area contributed by atoms with Gasteiger partial charge in [-0.2, -0.15) is 0 Å². The molecule has 106 valence electrons. The van der Waals surface area contributed by atoms with E-state index in [-0.39, 0.29) is 25.9 Å². The number of piperidine rings is 1. The Balaban J connectivity index is 2.57. The molecular weight excluding hydrogens is 246 g/mol. The van der Waals surface area contributed by atoms with E-state index in [1.165, 1.54) is 11.8 Å². The number of halogens is 3. The molecule has 0 bridgehead atoms. The number of amides is 1. The van der Waals surface area contributed by atoms with Gasteiger partial charge in [0, 0.05) is 13.1 Å². The number of carbonyl (C=O) groups is 1. The minimum Gasteiger partial charge on any atom is -0.449 e. The summed E-state index contributed by atoms with van der Waals surface area (Å²) in [6.45, 7) is 1.77. The molecular formula is C11H20BF3NO2-. The summed E-state index contributed by atoms with van der Waals surface area (Å²) in [5.41, 5.74) is -0.619. The van der Waals surface area contributed by atoms with E-state index in [1.54, 1.807) is 20.8 Å². The average Bonchev–Trinajstić information content (AvgIpc) is 2.14. The van der Waals surface area contributed by atoms with Gasteiger partial charge in [-0.3, -0.25) is 0 Å². The quantitative estimate of drug-likeness (QED) is 0.678. The molecule has 1 rings (SSSR count). The Morgan fingerprint density at radius 1 is 1.22 bits per heavy atom. The third-order valence-corrected chi connectivity index (χ3v) is 3.35. The molecule has 1 aliphatic rings. The molecule has 0 N–H and O–H groups in total. The van der Waals surface area contributed by atoms with E-state index in [9.17, 15) is 17.7 Å². The molecule has 0 aromatic carbocycles. The van der Waals surface area contributed by atoms with Gasteiger partial charge in [0.15, 0.2) is 0 Å². The van der Waals surface area contributed by atoms with Crippen LogP contribution in [0, 0.1) is 0 Å². The van der Waals surface area contributed by atoms with Gasteiger partial charge in [0.1, 0.15) is 5.60 Å². The van der Waals surface area contributed by atoms with Gasteiger partial charge in [-0.05, 0) is 20.8 Å². The van der Waals surface area contributed by atoms with Gasteiger partial charge in [-0.1, -0.05) is 25.1 Å². The molecule has 0 spiro atoms. The molecule has 3 nitrogen and oxygen atoms in total. The van der Waals surface area contributed by atoms with Crippen LogP contribution in [0.2, 0.25) is 5.31 Å². The van der Waals surface area contributed by atoms with E-state index in [4.69, 9.17) is 4.74 Å². The van der Waals surface area contributed by atoms with Crippen LogP contribution in [0.1, 0.15) is 40.5 Å². The Morgan fingerprint density at radius 3 is 2.00 bits per heavy atom. The molecule has 1 aliphatic heterocycles. The predicted molar refractivity (Wildman–Crippen MR) is 64.5 cm³/mol. The normalized spacial score (nSPS) is 20.7. The van der Waals surface area contributed by atoms with Crippen molar-refractivity contribution in [3.8, 4) is 0 Å². The molecule has 1 saturated heterocycles. The standard InChI is InChI=1S/C11H20BF3NO2/c1-10(2,3)18-9(17)16-7-5-11(4,6-8-16)12(13,14)15/h5-8H2,1-4H3/q-1. The van der Waals surface area contributed by atoms with E-state index >= 15 is 0 Å². The predicted octanol–water partition coefficient (Wildman–Crippen LogP) is 3.63. The van der Waals surface area contributed by atoms with Crippen molar-refractivity contribution in [3.05, 3.63) is 0 Å². The monoisotopic (exact) mass is 266 g/mol. The van der Waals surface area contributed by atoms with Crippen molar-refractivity contribution in [1.82, 2.24) is 4.90 Å². The van der Waals surface area contributed by atoms with E-state index in [0.29, 0.717) is 0 Å². The zero-order chi connectivity index (χ0) is 14.2. The second kappa shape index (κ2) is 4.66. The molecule has 7 heteroatoms. The minimum atomic E-state index is -4.87. The van der Waals surface area contributed by atoms with Crippen LogP contribution >= 0.6 is 0 Å². The lowest BCUT2D eigenvalue weighted by Crippen LogP contribution is -2.47. The summed E-state index contributed by atoms with van der Waals surface area (Å²) < 4.78 is 43.7. The van der Waals surface area contributed by atoms with Crippen LogP contribution in [0.5, 0.6) is 0 Å². The Kier molecular flexibility index (Phi) is 3.93. The molecule has 0 aromatic rings. The summed E-state index contributed by atoms with van der Waals surface area (Å²) in [5.74, 6) is 0. The number of hydrogen-bond donors (Lipinski definition) is 0. The first-order valence-corrected chi connectivity index (χ1v) is 6.12. The Morgan fingerprint density at radius 2 is 1.67 bits per heavy atom. The number of likely N-dealkylation sites (tertiary alicyclic amines) is 1. The summed E-state index contributed by atoms with van der Waals surface area (Å²) in [5, 5.41) is -1.63. The zero-order valence-corrected chi connectivity index (χ0v) is 11.3. The molecule has 1 amide bonds. The SMILES string of the molecule is CC(C)(C)OC(=O)N1CCC(C)([B-](F)(F)F)CC1. The molecule has 1 fully saturated rings. The molecule has 1 heterocycles. The molecule has 0 unspecified atom stereocenters. The lowest BCUT2D eigenvalue weighted by molar-refractivity contribution is 0.0182. The minimum absolute atomic E-state index is 0.0459. The van der Waals surface area contributed by atoms with Crippen LogP contribution in [-0.4, -0.2) is 36.7 Å². The van der Waals surface area contributed by atoms with E-state index in [2.05, 4.69) is 0 Å². The van der Waals surface area contributed by atoms with Crippen molar-refractivity contribution >= 4 is 13.1 Å². The van der Waals surface area contributed by atoms with Gasteiger partial charge < -0.3 is 22.6 Å². The highest BCUT2D eigenvalue weighted by Gasteiger charge is 2.47. The molecule has 0 atom stereocenters. The van der Waals surface area contributed by atoms with Crippen molar-refractivity contribution in [2.24, 2.45) is 0 Å². The second-order valence-corrected chi connectivity index (χ2v) is 6.20. The maximum absolute atomic E-state index is 12.9. The van der Waals surface area contributed by atoms with Crippen LogP contribution in [0.25, 0.3) is 0 Å². The highest BCUT2D eigenvalue weighted by Crippen LogP contribution is 2.49. The third-order valence-electron chi connectivity index (χ3n) is 3.35. The summed E-state index contributed by atoms with van der Waals surface area (Å²) in [6.07, 6.45) is -0.620. The fraction of sp³-hybridized carbons (Fsp3) is 0.909. The highest BCUT2D eigenvalue weighted by atomic mass is 19.4. The average molecular weight is 266 g/mol. The van der Waals surface area contributed by atoms with Crippen LogP contribution in [-0.2, 0) is 4.74 Å². The lowest BCUT2D eigenvalue weighted by Gasteiger charge is -2.45. The summed E-state index contributed by atoms with van der Waals surface area (Å²) >= 11 is 0. The Hall–Kier alpha value is -0.875. The van der Waals surface area contributed by atoms with Gasteiger partial charge in [-0.25, -0.2) is 4.79 Å². The number of nitrogens with zero attached hydrogens (tertiary/aromatic N) is 1. The molecule has 18 heavy (non-hydrogen) atoms. The highest BCUT2D eigenvalue weighted by molar-refractivity contribution is 6.62.